The van der Waals surface area contributed by atoms with Crippen LogP contribution in [0.4, 0.5) is 0 Å². The third-order valence-corrected chi connectivity index (χ3v) is 2.16. The molecular weight excluding hydrogens is 232 g/mol. The number of carboxylic acid groups (broad SMARTS) is 1. The van der Waals surface area contributed by atoms with E-state index in [1.165, 1.54) is 19.2 Å². The lowest BCUT2D eigenvalue weighted by Gasteiger charge is -2.14. The number of carboxylic acids is 1. The molecule has 5 heteroatoms. The maximum Gasteiger partial charge on any atom is 0.337 e. The summed E-state index contributed by atoms with van der Waals surface area (Å²) in [7, 11) is 1.47. The minimum absolute atomic E-state index is 0.00174. The first-order chi connectivity index (χ1) is 7.45. The van der Waals surface area contributed by atoms with Gasteiger partial charge in [-0.25, -0.2) is 4.79 Å². The van der Waals surface area contributed by atoms with E-state index in [4.69, 9.17) is 26.2 Å². The summed E-state index contributed by atoms with van der Waals surface area (Å²) in [6.07, 6.45) is -0.0725. The third-order valence-electron chi connectivity index (χ3n) is 1.85. The van der Waals surface area contributed by atoms with Crippen molar-refractivity contribution in [3.63, 3.8) is 0 Å². The number of benzene rings is 1. The van der Waals surface area contributed by atoms with Gasteiger partial charge in [-0.1, -0.05) is 11.6 Å². The molecule has 1 rings (SSSR count). The van der Waals surface area contributed by atoms with Gasteiger partial charge in [-0.3, -0.25) is 0 Å². The molecule has 0 aliphatic rings. The van der Waals surface area contributed by atoms with Gasteiger partial charge in [0.15, 0.2) is 11.5 Å². The van der Waals surface area contributed by atoms with Crippen molar-refractivity contribution in [3.8, 4) is 11.5 Å². The van der Waals surface area contributed by atoms with Gasteiger partial charge in [0.1, 0.15) is 0 Å². The van der Waals surface area contributed by atoms with Crippen LogP contribution in [-0.4, -0.2) is 24.3 Å². The highest BCUT2D eigenvalue weighted by Crippen LogP contribution is 2.33. The molecule has 0 amide bonds. The Balaban J connectivity index is 3.23. The highest BCUT2D eigenvalue weighted by molar-refractivity contribution is 6.33. The van der Waals surface area contributed by atoms with Gasteiger partial charge < -0.3 is 14.6 Å². The Bertz CT molecular complexity index is 401. The summed E-state index contributed by atoms with van der Waals surface area (Å²) in [5, 5.41) is 9.03. The SMILES string of the molecule is COc1cc(Cl)c(C(=O)O)cc1OC(C)C. The lowest BCUT2D eigenvalue weighted by Crippen LogP contribution is -2.08. The summed E-state index contributed by atoms with van der Waals surface area (Å²) in [4.78, 5) is 10.9. The van der Waals surface area contributed by atoms with E-state index < -0.39 is 5.97 Å². The zero-order chi connectivity index (χ0) is 12.3. The Kier molecular flexibility index (Phi) is 4.01. The van der Waals surface area contributed by atoms with Crippen LogP contribution < -0.4 is 9.47 Å². The van der Waals surface area contributed by atoms with E-state index in [0.29, 0.717) is 11.5 Å². The molecule has 0 aromatic heterocycles. The highest BCUT2D eigenvalue weighted by Gasteiger charge is 2.15. The molecule has 16 heavy (non-hydrogen) atoms. The van der Waals surface area contributed by atoms with Crippen LogP contribution in [0.1, 0.15) is 24.2 Å². The first kappa shape index (κ1) is 12.6. The molecule has 1 aromatic rings. The van der Waals surface area contributed by atoms with E-state index in [0.717, 1.165) is 0 Å². The van der Waals surface area contributed by atoms with Gasteiger partial charge in [0, 0.05) is 12.1 Å². The van der Waals surface area contributed by atoms with Crippen LogP contribution in [-0.2, 0) is 0 Å². The Morgan fingerprint density at radius 1 is 1.38 bits per heavy atom. The van der Waals surface area contributed by atoms with E-state index in [2.05, 4.69) is 0 Å². The number of methoxy groups -OCH3 is 1. The molecule has 1 aromatic carbocycles. The molecule has 1 N–H and O–H groups in total. The summed E-state index contributed by atoms with van der Waals surface area (Å²) < 4.78 is 10.5. The average molecular weight is 245 g/mol. The normalized spacial score (nSPS) is 10.3. The summed E-state index contributed by atoms with van der Waals surface area (Å²) in [6.45, 7) is 3.68. The van der Waals surface area contributed by atoms with Gasteiger partial charge >= 0.3 is 5.97 Å². The zero-order valence-corrected chi connectivity index (χ0v) is 10.0. The van der Waals surface area contributed by atoms with Crippen LogP contribution in [0.5, 0.6) is 11.5 Å². The minimum Gasteiger partial charge on any atom is -0.493 e. The van der Waals surface area contributed by atoms with Crippen LogP contribution in [0.15, 0.2) is 12.1 Å². The molecule has 88 valence electrons. The second-order valence-electron chi connectivity index (χ2n) is 3.45. The molecule has 0 aliphatic carbocycles. The fourth-order valence-electron chi connectivity index (χ4n) is 1.20. The van der Waals surface area contributed by atoms with Crippen LogP contribution in [0.2, 0.25) is 5.02 Å². The monoisotopic (exact) mass is 244 g/mol. The minimum atomic E-state index is -1.10. The lowest BCUT2D eigenvalue weighted by molar-refractivity contribution is 0.0696. The molecular formula is C11H13ClO4. The number of ether oxygens (including phenoxy) is 2. The maximum absolute atomic E-state index is 10.9. The van der Waals surface area contributed by atoms with Crippen LogP contribution in [0.25, 0.3) is 0 Å². The molecule has 0 atom stereocenters. The van der Waals surface area contributed by atoms with Crippen molar-refractivity contribution < 1.29 is 19.4 Å². The summed E-state index contributed by atoms with van der Waals surface area (Å²) in [5.74, 6) is -0.302. The lowest BCUT2D eigenvalue weighted by atomic mass is 10.2. The van der Waals surface area contributed by atoms with Crippen LogP contribution >= 0.6 is 11.6 Å². The number of rotatable bonds is 4. The smallest absolute Gasteiger partial charge is 0.337 e. The first-order valence-electron chi connectivity index (χ1n) is 4.73. The number of aromatic carboxylic acids is 1. The van der Waals surface area contributed by atoms with Gasteiger partial charge in [-0.15, -0.1) is 0 Å². The van der Waals surface area contributed by atoms with Crippen LogP contribution in [0, 0.1) is 0 Å². The molecule has 0 heterocycles. The van der Waals surface area contributed by atoms with Gasteiger partial charge in [0.05, 0.1) is 23.8 Å². The van der Waals surface area contributed by atoms with E-state index >= 15 is 0 Å². The topological polar surface area (TPSA) is 55.8 Å². The number of hydrogen-bond donors (Lipinski definition) is 1. The molecule has 4 nitrogen and oxygen atoms in total. The molecule has 0 bridgehead atoms. The summed E-state index contributed by atoms with van der Waals surface area (Å²) in [6, 6.07) is 2.80. The van der Waals surface area contributed by atoms with Crippen molar-refractivity contribution in [1.82, 2.24) is 0 Å². The molecule has 0 unspecified atom stereocenters. The number of hydrogen-bond acceptors (Lipinski definition) is 3. The fraction of sp³-hybridized carbons (Fsp3) is 0.364. The Morgan fingerprint density at radius 2 is 2.00 bits per heavy atom. The molecule has 0 aliphatic heterocycles. The maximum atomic E-state index is 10.9. The Morgan fingerprint density at radius 3 is 2.44 bits per heavy atom. The van der Waals surface area contributed by atoms with Crippen molar-refractivity contribution >= 4 is 17.6 Å². The largest absolute Gasteiger partial charge is 0.493 e. The first-order valence-corrected chi connectivity index (χ1v) is 5.11. The van der Waals surface area contributed by atoms with Gasteiger partial charge in [-0.05, 0) is 13.8 Å². The average Bonchev–Trinajstić information content (AvgIpc) is 2.18. The van der Waals surface area contributed by atoms with E-state index in [9.17, 15) is 4.79 Å². The second-order valence-corrected chi connectivity index (χ2v) is 3.86. The third kappa shape index (κ3) is 2.79. The molecule has 0 fully saturated rings. The van der Waals surface area contributed by atoms with E-state index in [1.807, 2.05) is 13.8 Å². The molecule has 0 saturated carbocycles. The fourth-order valence-corrected chi connectivity index (χ4v) is 1.44. The van der Waals surface area contributed by atoms with Crippen molar-refractivity contribution in [2.45, 2.75) is 20.0 Å². The standard InChI is InChI=1S/C11H13ClO4/c1-6(2)16-10-4-7(11(13)14)8(12)5-9(10)15-3/h4-6H,1-3H3,(H,13,14). The number of halogens is 1. The van der Waals surface area contributed by atoms with Crippen LogP contribution in [0.3, 0.4) is 0 Å². The molecule has 0 saturated heterocycles. The molecule has 0 spiro atoms. The Hall–Kier alpha value is -1.42. The van der Waals surface area contributed by atoms with Crippen molar-refractivity contribution in [1.29, 1.82) is 0 Å². The van der Waals surface area contributed by atoms with Crippen molar-refractivity contribution in [2.24, 2.45) is 0 Å². The second kappa shape index (κ2) is 5.07. The van der Waals surface area contributed by atoms with Crippen molar-refractivity contribution in [3.05, 3.63) is 22.7 Å². The predicted octanol–water partition coefficient (Wildman–Crippen LogP) is 2.83. The summed E-state index contributed by atoms with van der Waals surface area (Å²) in [5.41, 5.74) is -0.00174. The zero-order valence-electron chi connectivity index (χ0n) is 9.28. The van der Waals surface area contributed by atoms with Gasteiger partial charge in [0.2, 0.25) is 0 Å². The van der Waals surface area contributed by atoms with Gasteiger partial charge in [-0.2, -0.15) is 0 Å². The van der Waals surface area contributed by atoms with Gasteiger partial charge in [0.25, 0.3) is 0 Å². The van der Waals surface area contributed by atoms with E-state index in [-0.39, 0.29) is 16.7 Å². The summed E-state index contributed by atoms with van der Waals surface area (Å²) >= 11 is 5.80. The quantitative estimate of drug-likeness (QED) is 0.885. The highest BCUT2D eigenvalue weighted by atomic mass is 35.5. The molecule has 0 radical (unpaired) electrons. The Labute approximate surface area is 98.7 Å². The van der Waals surface area contributed by atoms with Crippen molar-refractivity contribution in [2.75, 3.05) is 7.11 Å². The van der Waals surface area contributed by atoms with E-state index in [1.54, 1.807) is 0 Å². The number of carbonyl (C=O) groups is 1. The predicted molar refractivity (Wildman–Crippen MR) is 60.7 cm³/mol.